The molecule has 0 spiro atoms. The summed E-state index contributed by atoms with van der Waals surface area (Å²) in [4.78, 5) is 20.6. The van der Waals surface area contributed by atoms with E-state index >= 15 is 0 Å². The third kappa shape index (κ3) is 4.86. The first-order valence-electron chi connectivity index (χ1n) is 8.00. The van der Waals surface area contributed by atoms with Crippen molar-refractivity contribution >= 4 is 35.0 Å². The first-order valence-corrected chi connectivity index (χ1v) is 9.36. The maximum absolute atomic E-state index is 11.9. The lowest BCUT2D eigenvalue weighted by Crippen LogP contribution is -2.29. The van der Waals surface area contributed by atoms with Gasteiger partial charge in [-0.25, -0.2) is 9.50 Å². The molecule has 1 amide bonds. The number of hydrogen-bond acceptors (Lipinski definition) is 6. The number of aromatic nitrogens is 4. The normalized spacial score (nSPS) is 10.9. The second kappa shape index (κ2) is 8.37. The van der Waals surface area contributed by atoms with Crippen molar-refractivity contribution in [3.63, 3.8) is 0 Å². The lowest BCUT2D eigenvalue weighted by atomic mass is 10.3. The van der Waals surface area contributed by atoms with Gasteiger partial charge < -0.3 is 10.1 Å². The number of aryl methyl sites for hydroxylation is 2. The Bertz CT molecular complexity index is 913. The monoisotopic (exact) mass is 391 g/mol. The predicted molar refractivity (Wildman–Crippen MR) is 101 cm³/mol. The van der Waals surface area contributed by atoms with Crippen LogP contribution in [0.4, 0.5) is 0 Å². The number of ether oxygens (including phenoxy) is 1. The Morgan fingerprint density at radius 1 is 1.27 bits per heavy atom. The standard InChI is InChI=1S/C17H18ClN5O2S/c1-11-9-12(2)23-16(20-11)21-17(22-23)26-10-15(24)19-7-8-25-14-5-3-13(18)4-6-14/h3-6,9H,7-8,10H2,1-2H3,(H,19,24). The Labute approximate surface area is 160 Å². The number of fused-ring (bicyclic) bond motifs is 1. The molecule has 2 heterocycles. The van der Waals surface area contributed by atoms with Crippen molar-refractivity contribution in [3.05, 3.63) is 46.7 Å². The molecule has 0 radical (unpaired) electrons. The number of amides is 1. The smallest absolute Gasteiger partial charge is 0.253 e. The summed E-state index contributed by atoms with van der Waals surface area (Å²) in [6, 6.07) is 9.02. The second-order valence-corrected chi connectivity index (χ2v) is 6.97. The number of carbonyl (C=O) groups excluding carboxylic acids is 1. The van der Waals surface area contributed by atoms with Gasteiger partial charge in [0.2, 0.25) is 11.1 Å². The molecule has 0 aliphatic carbocycles. The Balaban J connectivity index is 1.42. The van der Waals surface area contributed by atoms with Crippen molar-refractivity contribution in [2.75, 3.05) is 18.9 Å². The molecule has 0 fully saturated rings. The van der Waals surface area contributed by atoms with Gasteiger partial charge in [0.15, 0.2) is 0 Å². The molecule has 0 bridgehead atoms. The summed E-state index contributed by atoms with van der Waals surface area (Å²) in [5.74, 6) is 1.39. The highest BCUT2D eigenvalue weighted by Gasteiger charge is 2.10. The average molecular weight is 392 g/mol. The summed E-state index contributed by atoms with van der Waals surface area (Å²) in [5, 5.41) is 8.34. The molecule has 3 aromatic rings. The molecule has 0 aliphatic rings. The number of carbonyl (C=O) groups is 1. The minimum Gasteiger partial charge on any atom is -0.492 e. The van der Waals surface area contributed by atoms with Gasteiger partial charge >= 0.3 is 0 Å². The van der Waals surface area contributed by atoms with Gasteiger partial charge in [-0.05, 0) is 44.2 Å². The molecule has 136 valence electrons. The highest BCUT2D eigenvalue weighted by molar-refractivity contribution is 7.99. The van der Waals surface area contributed by atoms with E-state index in [4.69, 9.17) is 16.3 Å². The van der Waals surface area contributed by atoms with Crippen LogP contribution in [0, 0.1) is 13.8 Å². The number of nitrogens with one attached hydrogen (secondary N) is 1. The number of thioether (sulfide) groups is 1. The van der Waals surface area contributed by atoms with E-state index in [9.17, 15) is 4.79 Å². The van der Waals surface area contributed by atoms with Crippen molar-refractivity contribution in [2.24, 2.45) is 0 Å². The molecular formula is C17H18ClN5O2S. The van der Waals surface area contributed by atoms with Gasteiger partial charge in [-0.2, -0.15) is 4.98 Å². The lowest BCUT2D eigenvalue weighted by Gasteiger charge is -2.07. The largest absolute Gasteiger partial charge is 0.492 e. The van der Waals surface area contributed by atoms with Gasteiger partial charge in [0.25, 0.3) is 5.78 Å². The van der Waals surface area contributed by atoms with Crippen LogP contribution in [0.2, 0.25) is 5.02 Å². The summed E-state index contributed by atoms with van der Waals surface area (Å²) in [5.41, 5.74) is 1.84. The van der Waals surface area contributed by atoms with E-state index < -0.39 is 0 Å². The third-order valence-electron chi connectivity index (χ3n) is 3.44. The molecule has 7 nitrogen and oxygen atoms in total. The zero-order valence-electron chi connectivity index (χ0n) is 14.4. The zero-order chi connectivity index (χ0) is 18.5. The van der Waals surface area contributed by atoms with Crippen LogP contribution in [-0.4, -0.2) is 44.4 Å². The lowest BCUT2D eigenvalue weighted by molar-refractivity contribution is -0.118. The van der Waals surface area contributed by atoms with Gasteiger partial charge in [0.05, 0.1) is 12.3 Å². The molecule has 0 atom stereocenters. The minimum atomic E-state index is -0.102. The topological polar surface area (TPSA) is 81.4 Å². The second-order valence-electron chi connectivity index (χ2n) is 5.59. The summed E-state index contributed by atoms with van der Waals surface area (Å²) in [6.07, 6.45) is 0. The number of hydrogen-bond donors (Lipinski definition) is 1. The Kier molecular flexibility index (Phi) is 5.95. The Morgan fingerprint density at radius 3 is 2.81 bits per heavy atom. The van der Waals surface area contributed by atoms with Crippen molar-refractivity contribution in [1.29, 1.82) is 0 Å². The molecule has 2 aromatic heterocycles. The molecule has 26 heavy (non-hydrogen) atoms. The van der Waals surface area contributed by atoms with Crippen LogP contribution < -0.4 is 10.1 Å². The van der Waals surface area contributed by atoms with E-state index in [1.807, 2.05) is 19.9 Å². The van der Waals surface area contributed by atoms with E-state index in [0.717, 1.165) is 11.4 Å². The zero-order valence-corrected chi connectivity index (χ0v) is 16.0. The fourth-order valence-electron chi connectivity index (χ4n) is 2.28. The van der Waals surface area contributed by atoms with E-state index in [0.29, 0.717) is 34.9 Å². The van der Waals surface area contributed by atoms with Crippen molar-refractivity contribution in [3.8, 4) is 5.75 Å². The van der Waals surface area contributed by atoms with Crippen LogP contribution in [0.25, 0.3) is 5.78 Å². The van der Waals surface area contributed by atoms with Crippen LogP contribution in [0.5, 0.6) is 5.75 Å². The fraction of sp³-hybridized carbons (Fsp3) is 0.294. The fourth-order valence-corrected chi connectivity index (χ4v) is 3.05. The van der Waals surface area contributed by atoms with Gasteiger partial charge in [0, 0.05) is 16.4 Å². The summed E-state index contributed by atoms with van der Waals surface area (Å²) < 4.78 is 7.20. The van der Waals surface area contributed by atoms with Gasteiger partial charge in [-0.3, -0.25) is 4.79 Å². The predicted octanol–water partition coefficient (Wildman–Crippen LogP) is 2.68. The average Bonchev–Trinajstić information content (AvgIpc) is 3.02. The summed E-state index contributed by atoms with van der Waals surface area (Å²) in [7, 11) is 0. The van der Waals surface area contributed by atoms with Crippen LogP contribution >= 0.6 is 23.4 Å². The van der Waals surface area contributed by atoms with E-state index in [1.165, 1.54) is 11.8 Å². The quantitative estimate of drug-likeness (QED) is 0.492. The first kappa shape index (κ1) is 18.5. The van der Waals surface area contributed by atoms with Gasteiger partial charge in [-0.15, -0.1) is 5.10 Å². The molecule has 1 N–H and O–H groups in total. The number of nitrogens with zero attached hydrogens (tertiary/aromatic N) is 4. The molecule has 3 rings (SSSR count). The van der Waals surface area contributed by atoms with Crippen LogP contribution in [0.1, 0.15) is 11.4 Å². The van der Waals surface area contributed by atoms with Crippen molar-refractivity contribution in [1.82, 2.24) is 24.9 Å². The number of rotatable bonds is 7. The van der Waals surface area contributed by atoms with E-state index in [2.05, 4.69) is 20.4 Å². The molecule has 1 aromatic carbocycles. The van der Waals surface area contributed by atoms with Crippen molar-refractivity contribution in [2.45, 2.75) is 19.0 Å². The van der Waals surface area contributed by atoms with Crippen LogP contribution in [0.3, 0.4) is 0 Å². The Morgan fingerprint density at radius 2 is 2.04 bits per heavy atom. The maximum atomic E-state index is 11.9. The number of halogens is 1. The highest BCUT2D eigenvalue weighted by atomic mass is 35.5. The SMILES string of the molecule is Cc1cc(C)n2nc(SCC(=O)NCCOc3ccc(Cl)cc3)nc2n1. The minimum absolute atomic E-state index is 0.102. The Hall–Kier alpha value is -2.32. The van der Waals surface area contributed by atoms with E-state index in [-0.39, 0.29) is 11.7 Å². The molecule has 0 saturated heterocycles. The van der Waals surface area contributed by atoms with Gasteiger partial charge in [0.1, 0.15) is 12.4 Å². The van der Waals surface area contributed by atoms with Crippen molar-refractivity contribution < 1.29 is 9.53 Å². The molecule has 9 heteroatoms. The third-order valence-corrected chi connectivity index (χ3v) is 4.53. The molecule has 0 saturated carbocycles. The number of benzene rings is 1. The van der Waals surface area contributed by atoms with E-state index in [1.54, 1.807) is 28.8 Å². The molecule has 0 unspecified atom stereocenters. The maximum Gasteiger partial charge on any atom is 0.253 e. The van der Waals surface area contributed by atoms with Crippen LogP contribution in [0.15, 0.2) is 35.5 Å². The first-order chi connectivity index (χ1) is 12.5. The molecular weight excluding hydrogens is 374 g/mol. The summed E-state index contributed by atoms with van der Waals surface area (Å²) >= 11 is 7.09. The summed E-state index contributed by atoms with van der Waals surface area (Å²) in [6.45, 7) is 4.65. The van der Waals surface area contributed by atoms with Gasteiger partial charge in [-0.1, -0.05) is 23.4 Å². The highest BCUT2D eigenvalue weighted by Crippen LogP contribution is 2.16. The molecule has 0 aliphatic heterocycles. The van der Waals surface area contributed by atoms with Crippen LogP contribution in [-0.2, 0) is 4.79 Å².